The molecule has 1 atom stereocenters. The zero-order chi connectivity index (χ0) is 24.7. The lowest BCUT2D eigenvalue weighted by Gasteiger charge is -2.15. The van der Waals surface area contributed by atoms with Gasteiger partial charge in [0.15, 0.2) is 0 Å². The molecule has 2 N–H and O–H groups in total. The fraction of sp³-hybridized carbons (Fsp3) is 0.346. The number of rotatable bonds is 10. The lowest BCUT2D eigenvalue weighted by molar-refractivity contribution is -0.116. The smallest absolute Gasteiger partial charge is 0.295 e. The second kappa shape index (κ2) is 11.7. The molecule has 0 aliphatic carbocycles. The monoisotopic (exact) mass is 480 g/mol. The van der Waals surface area contributed by atoms with Crippen LogP contribution in [0.25, 0.3) is 5.69 Å². The van der Waals surface area contributed by atoms with Gasteiger partial charge in [0.05, 0.1) is 16.6 Å². The van der Waals surface area contributed by atoms with E-state index in [1.807, 2.05) is 75.4 Å². The fourth-order valence-corrected chi connectivity index (χ4v) is 4.62. The lowest BCUT2D eigenvalue weighted by Crippen LogP contribution is -2.28. The third kappa shape index (κ3) is 5.99. The van der Waals surface area contributed by atoms with E-state index in [0.29, 0.717) is 24.2 Å². The van der Waals surface area contributed by atoms with Gasteiger partial charge in [-0.3, -0.25) is 19.1 Å². The molecule has 3 aromatic rings. The predicted molar refractivity (Wildman–Crippen MR) is 139 cm³/mol. The quantitative estimate of drug-likeness (QED) is 0.394. The Balaban J connectivity index is 1.75. The van der Waals surface area contributed by atoms with E-state index in [1.165, 1.54) is 11.8 Å². The van der Waals surface area contributed by atoms with Crippen molar-refractivity contribution < 1.29 is 9.59 Å². The molecule has 1 aromatic heterocycles. The van der Waals surface area contributed by atoms with Gasteiger partial charge in [0, 0.05) is 24.1 Å². The average Bonchev–Trinajstić information content (AvgIpc) is 3.04. The molecule has 7 nitrogen and oxygen atoms in total. The van der Waals surface area contributed by atoms with Gasteiger partial charge in [0.25, 0.3) is 5.56 Å². The van der Waals surface area contributed by atoms with Gasteiger partial charge in [-0.25, -0.2) is 4.68 Å². The van der Waals surface area contributed by atoms with Crippen LogP contribution in [0.1, 0.15) is 45.2 Å². The van der Waals surface area contributed by atoms with Gasteiger partial charge in [0.1, 0.15) is 5.69 Å². The van der Waals surface area contributed by atoms with Crippen LogP contribution < -0.4 is 16.2 Å². The maximum atomic E-state index is 13.1. The SMILES string of the molecule is CCCCC(=O)Nc1cccc(SC(CC)C(=O)Nc2c(C)n(C)n(-c3ccccc3)c2=O)c1. The maximum absolute atomic E-state index is 13.1. The predicted octanol–water partition coefficient (Wildman–Crippen LogP) is 5.12. The second-order valence-electron chi connectivity index (χ2n) is 8.12. The number of carbonyl (C=O) groups excluding carboxylic acids is 2. The molecule has 1 unspecified atom stereocenters. The first kappa shape index (κ1) is 25.4. The zero-order valence-corrected chi connectivity index (χ0v) is 20.9. The number of thioether (sulfide) groups is 1. The molecule has 34 heavy (non-hydrogen) atoms. The molecule has 1 heterocycles. The van der Waals surface area contributed by atoms with Crippen LogP contribution in [0.15, 0.2) is 64.3 Å². The molecule has 8 heteroatoms. The Kier molecular flexibility index (Phi) is 8.76. The van der Waals surface area contributed by atoms with Crippen LogP contribution in [0.2, 0.25) is 0 Å². The van der Waals surface area contributed by atoms with Gasteiger partial charge in [-0.1, -0.05) is 44.5 Å². The summed E-state index contributed by atoms with van der Waals surface area (Å²) in [4.78, 5) is 39.2. The first-order chi connectivity index (χ1) is 16.3. The van der Waals surface area contributed by atoms with Gasteiger partial charge >= 0.3 is 0 Å². The summed E-state index contributed by atoms with van der Waals surface area (Å²) < 4.78 is 3.29. The topological polar surface area (TPSA) is 85.1 Å². The lowest BCUT2D eigenvalue weighted by atomic mass is 10.2. The highest BCUT2D eigenvalue weighted by Gasteiger charge is 2.23. The Bertz CT molecular complexity index is 1200. The van der Waals surface area contributed by atoms with Crippen molar-refractivity contribution in [1.29, 1.82) is 0 Å². The standard InChI is InChI=1S/C26H32N4O3S/c1-5-7-16-23(31)27-19-12-11-15-21(17-19)34-22(6-2)25(32)28-24-18(3)29(4)30(26(24)33)20-13-9-8-10-14-20/h8-15,17,22H,5-7,16H2,1-4H3,(H,27,31)(H,28,32). The molecular formula is C26H32N4O3S. The Morgan fingerprint density at radius 2 is 1.76 bits per heavy atom. The molecule has 0 bridgehead atoms. The molecule has 180 valence electrons. The molecule has 3 rings (SSSR count). The zero-order valence-electron chi connectivity index (χ0n) is 20.1. The average molecular weight is 481 g/mol. The highest BCUT2D eigenvalue weighted by atomic mass is 32.2. The number of carbonyl (C=O) groups is 2. The van der Waals surface area contributed by atoms with Crippen LogP contribution in [0.5, 0.6) is 0 Å². The van der Waals surface area contributed by atoms with E-state index < -0.39 is 5.25 Å². The van der Waals surface area contributed by atoms with E-state index in [9.17, 15) is 14.4 Å². The number of amides is 2. The van der Waals surface area contributed by atoms with Crippen molar-refractivity contribution in [2.24, 2.45) is 7.05 Å². The van der Waals surface area contributed by atoms with Gasteiger partial charge in [-0.2, -0.15) is 0 Å². The summed E-state index contributed by atoms with van der Waals surface area (Å²) in [6.45, 7) is 5.80. The molecule has 0 saturated heterocycles. The first-order valence-electron chi connectivity index (χ1n) is 11.6. The van der Waals surface area contributed by atoms with Gasteiger partial charge in [-0.15, -0.1) is 11.8 Å². The minimum atomic E-state index is -0.393. The van der Waals surface area contributed by atoms with E-state index in [-0.39, 0.29) is 23.1 Å². The number of benzene rings is 2. The van der Waals surface area contributed by atoms with Gasteiger partial charge in [0.2, 0.25) is 11.8 Å². The fourth-order valence-electron chi connectivity index (χ4n) is 3.61. The summed E-state index contributed by atoms with van der Waals surface area (Å²) in [5, 5.41) is 5.39. The van der Waals surface area contributed by atoms with Crippen molar-refractivity contribution >= 4 is 35.0 Å². The molecule has 0 radical (unpaired) electrons. The second-order valence-corrected chi connectivity index (χ2v) is 9.40. The van der Waals surface area contributed by atoms with E-state index in [1.54, 1.807) is 16.4 Å². The van der Waals surface area contributed by atoms with E-state index in [4.69, 9.17) is 0 Å². The summed E-state index contributed by atoms with van der Waals surface area (Å²) in [6.07, 6.45) is 2.89. The number of nitrogens with zero attached hydrogens (tertiary/aromatic N) is 2. The Morgan fingerprint density at radius 3 is 2.44 bits per heavy atom. The number of anilines is 2. The van der Waals surface area contributed by atoms with E-state index >= 15 is 0 Å². The number of aromatic nitrogens is 2. The largest absolute Gasteiger partial charge is 0.326 e. The summed E-state index contributed by atoms with van der Waals surface area (Å²) in [7, 11) is 1.80. The molecule has 0 fully saturated rings. The number of hydrogen-bond acceptors (Lipinski definition) is 4. The Morgan fingerprint density at radius 1 is 1.03 bits per heavy atom. The highest BCUT2D eigenvalue weighted by molar-refractivity contribution is 8.00. The van der Waals surface area contributed by atoms with Crippen LogP contribution in [0.4, 0.5) is 11.4 Å². The van der Waals surface area contributed by atoms with E-state index in [2.05, 4.69) is 10.6 Å². The molecular weight excluding hydrogens is 448 g/mol. The first-order valence-corrected chi connectivity index (χ1v) is 12.4. The summed E-state index contributed by atoms with van der Waals surface area (Å²) in [5.74, 6) is -0.237. The van der Waals surface area contributed by atoms with Crippen LogP contribution >= 0.6 is 11.8 Å². The number of unbranched alkanes of at least 4 members (excludes halogenated alkanes) is 1. The number of nitrogens with one attached hydrogen (secondary N) is 2. The van der Waals surface area contributed by atoms with Crippen molar-refractivity contribution in [3.8, 4) is 5.69 Å². The minimum Gasteiger partial charge on any atom is -0.326 e. The maximum Gasteiger partial charge on any atom is 0.295 e. The van der Waals surface area contributed by atoms with Crippen LogP contribution in [0.3, 0.4) is 0 Å². The third-order valence-electron chi connectivity index (χ3n) is 5.62. The molecule has 0 aliphatic heterocycles. The molecule has 0 saturated carbocycles. The molecule has 0 aliphatic rings. The van der Waals surface area contributed by atoms with Crippen LogP contribution in [-0.4, -0.2) is 26.4 Å². The van der Waals surface area contributed by atoms with Crippen LogP contribution in [-0.2, 0) is 16.6 Å². The van der Waals surface area contributed by atoms with Gasteiger partial charge < -0.3 is 10.6 Å². The number of hydrogen-bond donors (Lipinski definition) is 2. The summed E-state index contributed by atoms with van der Waals surface area (Å²) in [5.41, 5.74) is 2.14. The van der Waals surface area contributed by atoms with Crippen LogP contribution in [0, 0.1) is 6.92 Å². The highest BCUT2D eigenvalue weighted by Crippen LogP contribution is 2.29. The Labute approximate surface area is 204 Å². The normalized spacial score (nSPS) is 11.8. The van der Waals surface area contributed by atoms with Crippen molar-refractivity contribution in [3.05, 3.63) is 70.6 Å². The molecule has 2 amide bonds. The Hall–Kier alpha value is -3.26. The minimum absolute atomic E-state index is 0.0111. The van der Waals surface area contributed by atoms with Crippen molar-refractivity contribution in [2.45, 2.75) is 56.6 Å². The van der Waals surface area contributed by atoms with E-state index in [0.717, 1.165) is 23.4 Å². The van der Waals surface area contributed by atoms with Crippen molar-refractivity contribution in [3.63, 3.8) is 0 Å². The number of para-hydroxylation sites is 1. The van der Waals surface area contributed by atoms with Crippen molar-refractivity contribution in [1.82, 2.24) is 9.36 Å². The summed E-state index contributed by atoms with van der Waals surface area (Å²) >= 11 is 1.42. The third-order valence-corrected chi connectivity index (χ3v) is 6.98. The molecule has 0 spiro atoms. The summed E-state index contributed by atoms with van der Waals surface area (Å²) in [6, 6.07) is 16.8. The van der Waals surface area contributed by atoms with Crippen molar-refractivity contribution in [2.75, 3.05) is 10.6 Å². The molecule has 2 aromatic carbocycles. The van der Waals surface area contributed by atoms with Gasteiger partial charge in [-0.05, 0) is 50.1 Å².